The van der Waals surface area contributed by atoms with E-state index < -0.39 is 0 Å². The van der Waals surface area contributed by atoms with Crippen LogP contribution >= 0.6 is 23.4 Å². The quantitative estimate of drug-likeness (QED) is 0.401. The van der Waals surface area contributed by atoms with Crippen molar-refractivity contribution >= 4 is 46.1 Å². The molecule has 0 radical (unpaired) electrons. The van der Waals surface area contributed by atoms with E-state index in [-0.39, 0.29) is 11.9 Å². The molecule has 132 valence electrons. The predicted molar refractivity (Wildman–Crippen MR) is 98.8 cm³/mol. The number of halogens is 1. The Bertz CT molecular complexity index is 690. The highest BCUT2D eigenvalue weighted by molar-refractivity contribution is 7.98. The summed E-state index contributed by atoms with van der Waals surface area (Å²) in [5.74, 6) is 1.29. The zero-order chi connectivity index (χ0) is 17.5. The molecule has 0 atom stereocenters. The van der Waals surface area contributed by atoms with Crippen LogP contribution in [0.1, 0.15) is 26.7 Å². The molecule has 0 saturated carbocycles. The molecule has 0 saturated heterocycles. The average Bonchev–Trinajstić information content (AvgIpc) is 2.95. The Kier molecular flexibility index (Phi) is 7.11. The fourth-order valence-electron chi connectivity index (χ4n) is 2.19. The first-order valence-corrected chi connectivity index (χ1v) is 9.67. The third kappa shape index (κ3) is 4.98. The molecule has 2 aromatic rings. The van der Waals surface area contributed by atoms with E-state index in [1.165, 1.54) is 11.8 Å². The van der Waals surface area contributed by atoms with Gasteiger partial charge in [-0.05, 0) is 26.5 Å². The van der Waals surface area contributed by atoms with Crippen LogP contribution in [0.15, 0.2) is 11.4 Å². The molecular weight excluding hydrogens is 348 g/mol. The predicted octanol–water partition coefficient (Wildman–Crippen LogP) is 2.50. The van der Waals surface area contributed by atoms with E-state index in [4.69, 9.17) is 11.6 Å². The Morgan fingerprint density at radius 2 is 2.21 bits per heavy atom. The van der Waals surface area contributed by atoms with Crippen molar-refractivity contribution in [3.05, 3.63) is 6.20 Å². The van der Waals surface area contributed by atoms with Crippen molar-refractivity contribution in [3.63, 3.8) is 0 Å². The number of hydrogen-bond acceptors (Lipinski definition) is 6. The first kappa shape index (κ1) is 18.8. The van der Waals surface area contributed by atoms with E-state index in [1.54, 1.807) is 10.9 Å². The second-order valence-corrected chi connectivity index (χ2v) is 6.76. The number of aromatic nitrogens is 4. The Balaban J connectivity index is 2.12. The number of rotatable bonds is 9. The van der Waals surface area contributed by atoms with Crippen LogP contribution in [0.4, 0.5) is 5.82 Å². The van der Waals surface area contributed by atoms with Crippen LogP contribution in [0.3, 0.4) is 0 Å². The van der Waals surface area contributed by atoms with Crippen LogP contribution in [0.2, 0.25) is 0 Å². The molecule has 9 heteroatoms. The molecule has 0 unspecified atom stereocenters. The van der Waals surface area contributed by atoms with Crippen LogP contribution in [0, 0.1) is 0 Å². The highest BCUT2D eigenvalue weighted by Crippen LogP contribution is 2.23. The SMILES string of the molecule is CSc1nc(NC(C)C)c2cnn(CCNC(=O)CCCCl)c2n1. The third-order valence-electron chi connectivity index (χ3n) is 3.27. The van der Waals surface area contributed by atoms with Crippen molar-refractivity contribution in [2.45, 2.75) is 44.4 Å². The van der Waals surface area contributed by atoms with Gasteiger partial charge in [0.15, 0.2) is 10.8 Å². The van der Waals surface area contributed by atoms with Gasteiger partial charge in [-0.1, -0.05) is 11.8 Å². The minimum atomic E-state index is 0.00806. The molecule has 2 heterocycles. The molecule has 24 heavy (non-hydrogen) atoms. The van der Waals surface area contributed by atoms with E-state index in [0.717, 1.165) is 16.9 Å². The Labute approximate surface area is 150 Å². The number of nitrogens with one attached hydrogen (secondary N) is 2. The molecule has 2 rings (SSSR count). The first-order chi connectivity index (χ1) is 11.5. The number of hydrogen-bond donors (Lipinski definition) is 2. The van der Waals surface area contributed by atoms with E-state index in [2.05, 4.69) is 39.5 Å². The molecule has 7 nitrogen and oxygen atoms in total. The highest BCUT2D eigenvalue weighted by Gasteiger charge is 2.13. The number of carbonyl (C=O) groups is 1. The molecule has 2 aromatic heterocycles. The second kappa shape index (κ2) is 9.08. The summed E-state index contributed by atoms with van der Waals surface area (Å²) in [5, 5.41) is 12.2. The molecule has 0 aliphatic heterocycles. The maximum atomic E-state index is 11.6. The summed E-state index contributed by atoms with van der Waals surface area (Å²) in [6.07, 6.45) is 4.84. The number of fused-ring (bicyclic) bond motifs is 1. The highest BCUT2D eigenvalue weighted by atomic mass is 35.5. The minimum Gasteiger partial charge on any atom is -0.367 e. The Morgan fingerprint density at radius 1 is 1.42 bits per heavy atom. The maximum absolute atomic E-state index is 11.6. The topological polar surface area (TPSA) is 84.7 Å². The number of alkyl halides is 1. The Hall–Kier alpha value is -1.54. The summed E-state index contributed by atoms with van der Waals surface area (Å²) in [4.78, 5) is 20.7. The van der Waals surface area contributed by atoms with Gasteiger partial charge in [0, 0.05) is 24.9 Å². The zero-order valence-electron chi connectivity index (χ0n) is 14.2. The third-order valence-corrected chi connectivity index (χ3v) is 4.08. The van der Waals surface area contributed by atoms with Gasteiger partial charge in [0.1, 0.15) is 5.82 Å². The zero-order valence-corrected chi connectivity index (χ0v) is 15.7. The monoisotopic (exact) mass is 370 g/mol. The summed E-state index contributed by atoms with van der Waals surface area (Å²) in [7, 11) is 0. The van der Waals surface area contributed by atoms with E-state index in [1.807, 2.05) is 6.26 Å². The molecule has 0 aromatic carbocycles. The lowest BCUT2D eigenvalue weighted by atomic mass is 10.3. The normalized spacial score (nSPS) is 11.2. The molecule has 0 aliphatic rings. The van der Waals surface area contributed by atoms with Gasteiger partial charge in [0.2, 0.25) is 5.91 Å². The van der Waals surface area contributed by atoms with Gasteiger partial charge in [-0.2, -0.15) is 5.10 Å². The van der Waals surface area contributed by atoms with Crippen LogP contribution in [-0.4, -0.2) is 50.4 Å². The smallest absolute Gasteiger partial charge is 0.220 e. The molecule has 0 spiro atoms. The van der Waals surface area contributed by atoms with Crippen LogP contribution in [0.5, 0.6) is 0 Å². The molecule has 2 N–H and O–H groups in total. The first-order valence-electron chi connectivity index (χ1n) is 7.92. The number of thioether (sulfide) groups is 1. The molecule has 0 bridgehead atoms. The van der Waals surface area contributed by atoms with Gasteiger partial charge in [-0.15, -0.1) is 11.6 Å². The lowest BCUT2D eigenvalue weighted by Gasteiger charge is -2.11. The number of amides is 1. The van der Waals surface area contributed by atoms with Gasteiger partial charge in [-0.25, -0.2) is 14.6 Å². The van der Waals surface area contributed by atoms with E-state index >= 15 is 0 Å². The van der Waals surface area contributed by atoms with Crippen molar-refractivity contribution in [1.29, 1.82) is 0 Å². The summed E-state index contributed by atoms with van der Waals surface area (Å²) >= 11 is 7.08. The van der Waals surface area contributed by atoms with Crippen LogP contribution < -0.4 is 10.6 Å². The summed E-state index contributed by atoms with van der Waals surface area (Å²) in [6.45, 7) is 5.19. The maximum Gasteiger partial charge on any atom is 0.220 e. The number of carbonyl (C=O) groups excluding carboxylic acids is 1. The largest absolute Gasteiger partial charge is 0.367 e. The van der Waals surface area contributed by atoms with Gasteiger partial charge < -0.3 is 10.6 Å². The lowest BCUT2D eigenvalue weighted by Crippen LogP contribution is -2.27. The van der Waals surface area contributed by atoms with Gasteiger partial charge in [-0.3, -0.25) is 4.79 Å². The summed E-state index contributed by atoms with van der Waals surface area (Å²) in [6, 6.07) is 0.266. The summed E-state index contributed by atoms with van der Waals surface area (Å²) in [5.41, 5.74) is 0.771. The van der Waals surface area contributed by atoms with Crippen LogP contribution in [-0.2, 0) is 11.3 Å². The van der Waals surface area contributed by atoms with Gasteiger partial charge >= 0.3 is 0 Å². The van der Waals surface area contributed by atoms with Gasteiger partial charge in [0.05, 0.1) is 18.1 Å². The number of nitrogens with zero attached hydrogens (tertiary/aromatic N) is 4. The van der Waals surface area contributed by atoms with E-state index in [0.29, 0.717) is 37.0 Å². The van der Waals surface area contributed by atoms with E-state index in [9.17, 15) is 4.79 Å². The van der Waals surface area contributed by atoms with Crippen molar-refractivity contribution in [2.75, 3.05) is 24.0 Å². The minimum absolute atomic E-state index is 0.00806. The molecule has 0 fully saturated rings. The van der Waals surface area contributed by atoms with Crippen molar-refractivity contribution < 1.29 is 4.79 Å². The standard InChI is InChI=1S/C15H23ClN6OS/c1-10(2)19-13-11-9-18-22(14(11)21-15(20-13)24-3)8-7-17-12(23)5-4-6-16/h9-10H,4-8H2,1-3H3,(H,17,23)(H,19,20,21). The average molecular weight is 371 g/mol. The van der Waals surface area contributed by atoms with Gasteiger partial charge in [0.25, 0.3) is 0 Å². The summed E-state index contributed by atoms with van der Waals surface area (Å²) < 4.78 is 1.80. The van der Waals surface area contributed by atoms with Crippen molar-refractivity contribution in [1.82, 2.24) is 25.1 Å². The van der Waals surface area contributed by atoms with Crippen molar-refractivity contribution in [2.24, 2.45) is 0 Å². The second-order valence-electron chi connectivity index (χ2n) is 5.61. The molecule has 1 amide bonds. The fourth-order valence-corrected chi connectivity index (χ4v) is 2.68. The Morgan fingerprint density at radius 3 is 2.88 bits per heavy atom. The lowest BCUT2D eigenvalue weighted by molar-refractivity contribution is -0.121. The number of anilines is 1. The van der Waals surface area contributed by atoms with Crippen molar-refractivity contribution in [3.8, 4) is 0 Å². The molecule has 0 aliphatic carbocycles. The fraction of sp³-hybridized carbons (Fsp3) is 0.600. The van der Waals surface area contributed by atoms with Crippen LogP contribution in [0.25, 0.3) is 11.0 Å². The molecular formula is C15H23ClN6OS.